The van der Waals surface area contributed by atoms with E-state index in [0.717, 1.165) is 30.7 Å². The van der Waals surface area contributed by atoms with E-state index in [2.05, 4.69) is 35.2 Å². The zero-order valence-electron chi connectivity index (χ0n) is 15.7. The molecule has 1 aliphatic heterocycles. The van der Waals surface area contributed by atoms with Gasteiger partial charge in [0.15, 0.2) is 5.78 Å². The lowest BCUT2D eigenvalue weighted by atomic mass is 9.89. The third-order valence-electron chi connectivity index (χ3n) is 5.38. The van der Waals surface area contributed by atoms with Crippen LogP contribution in [0.4, 0.5) is 0 Å². The summed E-state index contributed by atoms with van der Waals surface area (Å²) < 4.78 is 5.19. The Kier molecular flexibility index (Phi) is 6.84. The number of likely N-dealkylation sites (tertiary alicyclic amines) is 1. The number of hydrogen-bond donors (Lipinski definition) is 0. The van der Waals surface area contributed by atoms with Gasteiger partial charge in [0, 0.05) is 12.0 Å². The van der Waals surface area contributed by atoms with Crippen LogP contribution in [0.5, 0.6) is 5.75 Å². The molecule has 138 valence electrons. The van der Waals surface area contributed by atoms with E-state index in [1.165, 1.54) is 31.5 Å². The maximum absolute atomic E-state index is 12.3. The predicted molar refractivity (Wildman–Crippen MR) is 106 cm³/mol. The van der Waals surface area contributed by atoms with Crippen LogP contribution in [0.3, 0.4) is 0 Å². The van der Waals surface area contributed by atoms with E-state index in [0.29, 0.717) is 12.3 Å². The van der Waals surface area contributed by atoms with Gasteiger partial charge >= 0.3 is 0 Å². The first-order valence-corrected chi connectivity index (χ1v) is 9.71. The number of carbonyl (C=O) groups excluding carboxylic acids is 1. The van der Waals surface area contributed by atoms with Gasteiger partial charge in [0.25, 0.3) is 0 Å². The van der Waals surface area contributed by atoms with Crippen LogP contribution in [0, 0.1) is 0 Å². The number of methoxy groups -OCH3 is 1. The second kappa shape index (κ2) is 9.54. The second-order valence-corrected chi connectivity index (χ2v) is 7.14. The van der Waals surface area contributed by atoms with Gasteiger partial charge in [-0.25, -0.2) is 0 Å². The monoisotopic (exact) mass is 351 g/mol. The van der Waals surface area contributed by atoms with Crippen LogP contribution in [0.2, 0.25) is 0 Å². The third-order valence-corrected chi connectivity index (χ3v) is 5.38. The molecule has 2 aromatic rings. The maximum Gasteiger partial charge on any atom is 0.163 e. The highest BCUT2D eigenvalue weighted by atomic mass is 16.5. The van der Waals surface area contributed by atoms with E-state index in [4.69, 9.17) is 4.74 Å². The standard InChI is InChI=1S/C23H29NO2/c1-26-22-11-7-10-21(18-22)23(25)12-5-6-15-24-16-13-20(14-17-24)19-8-3-2-4-9-19/h2-4,7-11,18,20H,5-6,12-17H2,1H3. The summed E-state index contributed by atoms with van der Waals surface area (Å²) in [5, 5.41) is 0. The number of ketones is 1. The van der Waals surface area contributed by atoms with Crippen LogP contribution in [0.15, 0.2) is 54.6 Å². The molecule has 0 unspecified atom stereocenters. The van der Waals surface area contributed by atoms with Crippen molar-refractivity contribution in [2.45, 2.75) is 38.0 Å². The largest absolute Gasteiger partial charge is 0.497 e. The fourth-order valence-corrected chi connectivity index (χ4v) is 3.78. The van der Waals surface area contributed by atoms with Gasteiger partial charge in [-0.15, -0.1) is 0 Å². The molecule has 26 heavy (non-hydrogen) atoms. The minimum Gasteiger partial charge on any atom is -0.497 e. The van der Waals surface area contributed by atoms with Crippen molar-refractivity contribution in [2.24, 2.45) is 0 Å². The lowest BCUT2D eigenvalue weighted by Crippen LogP contribution is -2.33. The van der Waals surface area contributed by atoms with E-state index >= 15 is 0 Å². The van der Waals surface area contributed by atoms with Crippen LogP contribution in [-0.2, 0) is 0 Å². The molecular weight excluding hydrogens is 322 g/mol. The summed E-state index contributed by atoms with van der Waals surface area (Å²) in [4.78, 5) is 14.8. The highest BCUT2D eigenvalue weighted by Gasteiger charge is 2.20. The average Bonchev–Trinajstić information content (AvgIpc) is 2.72. The molecular formula is C23H29NO2. The molecule has 0 atom stereocenters. The van der Waals surface area contributed by atoms with E-state index in [1.54, 1.807) is 7.11 Å². The fraction of sp³-hybridized carbons (Fsp3) is 0.435. The molecule has 0 bridgehead atoms. The molecule has 2 aromatic carbocycles. The van der Waals surface area contributed by atoms with Gasteiger partial charge < -0.3 is 9.64 Å². The van der Waals surface area contributed by atoms with E-state index in [9.17, 15) is 4.79 Å². The Morgan fingerprint density at radius 1 is 1.04 bits per heavy atom. The zero-order chi connectivity index (χ0) is 18.2. The van der Waals surface area contributed by atoms with Crippen LogP contribution in [0.1, 0.15) is 53.9 Å². The molecule has 3 heteroatoms. The van der Waals surface area contributed by atoms with Crippen LogP contribution < -0.4 is 4.74 Å². The normalized spacial score (nSPS) is 15.7. The van der Waals surface area contributed by atoms with Crippen molar-refractivity contribution in [3.8, 4) is 5.75 Å². The summed E-state index contributed by atoms with van der Waals surface area (Å²) in [6.07, 6.45) is 5.15. The number of nitrogens with zero attached hydrogens (tertiary/aromatic N) is 1. The number of hydrogen-bond acceptors (Lipinski definition) is 3. The summed E-state index contributed by atoms with van der Waals surface area (Å²) >= 11 is 0. The molecule has 3 nitrogen and oxygen atoms in total. The number of ether oxygens (including phenoxy) is 1. The van der Waals surface area contributed by atoms with Crippen molar-refractivity contribution in [3.05, 3.63) is 65.7 Å². The van der Waals surface area contributed by atoms with Crippen LogP contribution in [-0.4, -0.2) is 37.4 Å². The van der Waals surface area contributed by atoms with Gasteiger partial charge in [-0.2, -0.15) is 0 Å². The first kappa shape index (κ1) is 18.7. The second-order valence-electron chi connectivity index (χ2n) is 7.14. The van der Waals surface area contributed by atoms with Crippen molar-refractivity contribution in [1.29, 1.82) is 0 Å². The smallest absolute Gasteiger partial charge is 0.163 e. The summed E-state index contributed by atoms with van der Waals surface area (Å²) in [6, 6.07) is 18.3. The van der Waals surface area contributed by atoms with Crippen LogP contribution in [0.25, 0.3) is 0 Å². The maximum atomic E-state index is 12.3. The van der Waals surface area contributed by atoms with E-state index < -0.39 is 0 Å². The fourth-order valence-electron chi connectivity index (χ4n) is 3.78. The lowest BCUT2D eigenvalue weighted by Gasteiger charge is -2.32. The number of Topliss-reactive ketones (excluding diaryl/α,β-unsaturated/α-hetero) is 1. The molecule has 1 aliphatic rings. The molecule has 1 saturated heterocycles. The molecule has 1 fully saturated rings. The minimum atomic E-state index is 0.215. The number of benzene rings is 2. The SMILES string of the molecule is COc1cccc(C(=O)CCCCN2CCC(c3ccccc3)CC2)c1. The first-order chi connectivity index (χ1) is 12.8. The topological polar surface area (TPSA) is 29.5 Å². The number of unbranched alkanes of at least 4 members (excludes halogenated alkanes) is 1. The van der Waals surface area contributed by atoms with Crippen molar-refractivity contribution in [1.82, 2.24) is 4.90 Å². The number of rotatable bonds is 8. The Balaban J connectivity index is 1.35. The highest BCUT2D eigenvalue weighted by molar-refractivity contribution is 5.96. The summed E-state index contributed by atoms with van der Waals surface area (Å²) in [6.45, 7) is 3.44. The summed E-state index contributed by atoms with van der Waals surface area (Å²) in [5.74, 6) is 1.67. The quantitative estimate of drug-likeness (QED) is 0.499. The van der Waals surface area contributed by atoms with Crippen LogP contribution >= 0.6 is 0 Å². The Morgan fingerprint density at radius 3 is 2.54 bits per heavy atom. The predicted octanol–water partition coefficient (Wildman–Crippen LogP) is 4.93. The molecule has 0 aliphatic carbocycles. The first-order valence-electron chi connectivity index (χ1n) is 9.71. The van der Waals surface area contributed by atoms with E-state index in [1.807, 2.05) is 24.3 Å². The van der Waals surface area contributed by atoms with Gasteiger partial charge in [-0.3, -0.25) is 4.79 Å². The van der Waals surface area contributed by atoms with Gasteiger partial charge in [0.1, 0.15) is 5.75 Å². The zero-order valence-corrected chi connectivity index (χ0v) is 15.7. The van der Waals surface area contributed by atoms with Crippen molar-refractivity contribution in [3.63, 3.8) is 0 Å². The number of piperidine rings is 1. The Labute approximate surface area is 157 Å². The molecule has 0 aromatic heterocycles. The van der Waals surface area contributed by atoms with Crippen molar-refractivity contribution >= 4 is 5.78 Å². The summed E-state index contributed by atoms with van der Waals surface area (Å²) in [7, 11) is 1.63. The van der Waals surface area contributed by atoms with Gasteiger partial charge in [-0.05, 0) is 68.9 Å². The molecule has 0 N–H and O–H groups in total. The van der Waals surface area contributed by atoms with Gasteiger partial charge in [0.2, 0.25) is 0 Å². The molecule has 1 heterocycles. The van der Waals surface area contributed by atoms with Crippen molar-refractivity contribution in [2.75, 3.05) is 26.7 Å². The Hall–Kier alpha value is -2.13. The Morgan fingerprint density at radius 2 is 1.81 bits per heavy atom. The highest BCUT2D eigenvalue weighted by Crippen LogP contribution is 2.27. The van der Waals surface area contributed by atoms with Gasteiger partial charge in [0.05, 0.1) is 7.11 Å². The van der Waals surface area contributed by atoms with Gasteiger partial charge in [-0.1, -0.05) is 42.5 Å². The molecule has 0 radical (unpaired) electrons. The molecule has 3 rings (SSSR count). The molecule has 0 saturated carbocycles. The average molecular weight is 351 g/mol. The third kappa shape index (κ3) is 5.18. The minimum absolute atomic E-state index is 0.215. The summed E-state index contributed by atoms with van der Waals surface area (Å²) in [5.41, 5.74) is 2.24. The molecule has 0 amide bonds. The van der Waals surface area contributed by atoms with E-state index in [-0.39, 0.29) is 5.78 Å². The number of carbonyl (C=O) groups is 1. The lowest BCUT2D eigenvalue weighted by molar-refractivity contribution is 0.0977. The Bertz CT molecular complexity index is 690. The molecule has 0 spiro atoms. The van der Waals surface area contributed by atoms with Crippen molar-refractivity contribution < 1.29 is 9.53 Å².